The van der Waals surface area contributed by atoms with Crippen LogP contribution in [0.4, 0.5) is 0 Å². The molecule has 0 aliphatic carbocycles. The number of carbonyl (C=O) groups is 1. The molecule has 2 rings (SSSR count). The molecule has 0 unspecified atom stereocenters. The van der Waals surface area contributed by atoms with Crippen LogP contribution in [0.15, 0.2) is 34.7 Å². The third-order valence-electron chi connectivity index (χ3n) is 2.07. The molecule has 4 nitrogen and oxygen atoms in total. The molecule has 1 amide bonds. The SMILES string of the molecule is O=C(NCc1nsc(SCCl)n1)c1ccccc1. The van der Waals surface area contributed by atoms with E-state index in [1.54, 1.807) is 12.1 Å². The fourth-order valence-electron chi connectivity index (χ4n) is 1.27. The third kappa shape index (κ3) is 3.69. The highest BCUT2D eigenvalue weighted by molar-refractivity contribution is 8.01. The van der Waals surface area contributed by atoms with E-state index in [9.17, 15) is 4.79 Å². The predicted molar refractivity (Wildman–Crippen MR) is 74.1 cm³/mol. The summed E-state index contributed by atoms with van der Waals surface area (Å²) in [7, 11) is 0. The largest absolute Gasteiger partial charge is 0.345 e. The van der Waals surface area contributed by atoms with Gasteiger partial charge in [-0.05, 0) is 23.7 Å². The molecule has 0 aliphatic rings. The van der Waals surface area contributed by atoms with Crippen molar-refractivity contribution in [3.05, 3.63) is 41.7 Å². The molecule has 94 valence electrons. The fraction of sp³-hybridized carbons (Fsp3) is 0.182. The summed E-state index contributed by atoms with van der Waals surface area (Å²) in [6.07, 6.45) is 0. The minimum atomic E-state index is -0.128. The molecule has 7 heteroatoms. The zero-order valence-electron chi connectivity index (χ0n) is 9.30. The van der Waals surface area contributed by atoms with Gasteiger partial charge in [0, 0.05) is 5.56 Å². The Hall–Kier alpha value is -1.11. The van der Waals surface area contributed by atoms with Crippen LogP contribution in [0.25, 0.3) is 0 Å². The van der Waals surface area contributed by atoms with Crippen LogP contribution >= 0.6 is 34.9 Å². The average molecular weight is 300 g/mol. The quantitative estimate of drug-likeness (QED) is 0.681. The Kier molecular flexibility index (Phi) is 4.98. The monoisotopic (exact) mass is 299 g/mol. The summed E-state index contributed by atoms with van der Waals surface area (Å²) in [6, 6.07) is 9.04. The number of carbonyl (C=O) groups excluding carboxylic acids is 1. The molecule has 1 aromatic heterocycles. The first-order valence-electron chi connectivity index (χ1n) is 5.14. The number of thioether (sulfide) groups is 1. The van der Waals surface area contributed by atoms with Crippen LogP contribution in [0.2, 0.25) is 0 Å². The highest BCUT2D eigenvalue weighted by Gasteiger charge is 2.07. The van der Waals surface area contributed by atoms with Gasteiger partial charge in [-0.15, -0.1) is 11.6 Å². The smallest absolute Gasteiger partial charge is 0.251 e. The van der Waals surface area contributed by atoms with Crippen molar-refractivity contribution < 1.29 is 4.79 Å². The lowest BCUT2D eigenvalue weighted by Gasteiger charge is -2.01. The minimum Gasteiger partial charge on any atom is -0.345 e. The van der Waals surface area contributed by atoms with Crippen molar-refractivity contribution in [1.29, 1.82) is 0 Å². The van der Waals surface area contributed by atoms with Gasteiger partial charge in [0.05, 0.1) is 11.8 Å². The van der Waals surface area contributed by atoms with Crippen molar-refractivity contribution in [3.63, 3.8) is 0 Å². The van der Waals surface area contributed by atoms with Gasteiger partial charge < -0.3 is 5.32 Å². The molecule has 18 heavy (non-hydrogen) atoms. The zero-order chi connectivity index (χ0) is 12.8. The van der Waals surface area contributed by atoms with Crippen LogP contribution in [0.1, 0.15) is 16.2 Å². The summed E-state index contributed by atoms with van der Waals surface area (Å²) in [6.45, 7) is 0.326. The molecule has 0 spiro atoms. The van der Waals surface area contributed by atoms with Gasteiger partial charge in [0.15, 0.2) is 10.2 Å². The highest BCUT2D eigenvalue weighted by atomic mass is 35.5. The average Bonchev–Trinajstić information content (AvgIpc) is 2.85. The summed E-state index contributed by atoms with van der Waals surface area (Å²) in [5, 5.41) is 3.22. The third-order valence-corrected chi connectivity index (χ3v) is 3.97. The topological polar surface area (TPSA) is 54.9 Å². The number of amides is 1. The minimum absolute atomic E-state index is 0.128. The Labute approximate surface area is 118 Å². The second-order valence-electron chi connectivity index (χ2n) is 3.28. The molecule has 0 aliphatic heterocycles. The van der Waals surface area contributed by atoms with Crippen LogP contribution in [-0.4, -0.2) is 20.5 Å². The van der Waals surface area contributed by atoms with E-state index in [0.717, 1.165) is 4.34 Å². The molecule has 1 aromatic carbocycles. The van der Waals surface area contributed by atoms with E-state index in [4.69, 9.17) is 11.6 Å². The lowest BCUT2D eigenvalue weighted by Crippen LogP contribution is -2.23. The van der Waals surface area contributed by atoms with Crippen LogP contribution in [0.5, 0.6) is 0 Å². The Balaban J connectivity index is 1.89. The molecule has 1 N–H and O–H groups in total. The summed E-state index contributed by atoms with van der Waals surface area (Å²) in [5.41, 5.74) is 0.628. The van der Waals surface area contributed by atoms with Crippen molar-refractivity contribution in [2.24, 2.45) is 0 Å². The van der Waals surface area contributed by atoms with Gasteiger partial charge in [-0.2, -0.15) is 4.37 Å². The maximum absolute atomic E-state index is 11.8. The highest BCUT2D eigenvalue weighted by Crippen LogP contribution is 2.20. The number of halogens is 1. The van der Waals surface area contributed by atoms with E-state index in [1.807, 2.05) is 18.2 Å². The van der Waals surface area contributed by atoms with Gasteiger partial charge in [-0.1, -0.05) is 30.0 Å². The van der Waals surface area contributed by atoms with E-state index in [0.29, 0.717) is 23.1 Å². The maximum atomic E-state index is 11.8. The van der Waals surface area contributed by atoms with Crippen LogP contribution < -0.4 is 5.32 Å². The van der Waals surface area contributed by atoms with Crippen molar-refractivity contribution in [1.82, 2.24) is 14.7 Å². The molecule has 0 bridgehead atoms. The molecule has 2 aromatic rings. The van der Waals surface area contributed by atoms with E-state index < -0.39 is 0 Å². The van der Waals surface area contributed by atoms with Crippen LogP contribution in [0, 0.1) is 0 Å². The molecule has 0 saturated heterocycles. The second-order valence-corrected chi connectivity index (χ2v) is 5.84. The van der Waals surface area contributed by atoms with Crippen molar-refractivity contribution >= 4 is 40.8 Å². The van der Waals surface area contributed by atoms with Gasteiger partial charge in [0.2, 0.25) is 0 Å². The van der Waals surface area contributed by atoms with Crippen molar-refractivity contribution in [3.8, 4) is 0 Å². The van der Waals surface area contributed by atoms with E-state index >= 15 is 0 Å². The van der Waals surface area contributed by atoms with E-state index in [-0.39, 0.29) is 5.91 Å². The molecule has 0 atom stereocenters. The molecular weight excluding hydrogens is 290 g/mol. The van der Waals surface area contributed by atoms with Gasteiger partial charge in [-0.3, -0.25) is 4.79 Å². The normalized spacial score (nSPS) is 10.3. The Bertz CT molecular complexity index is 518. The number of hydrogen-bond donors (Lipinski definition) is 1. The number of hydrogen-bond acceptors (Lipinski definition) is 5. The van der Waals surface area contributed by atoms with Crippen LogP contribution in [-0.2, 0) is 6.54 Å². The summed E-state index contributed by atoms with van der Waals surface area (Å²) in [5.74, 6) is 0.480. The molecule has 1 heterocycles. The number of rotatable bonds is 5. The molecule has 0 saturated carbocycles. The van der Waals surface area contributed by atoms with E-state index in [1.165, 1.54) is 23.3 Å². The van der Waals surface area contributed by atoms with Gasteiger partial charge in [-0.25, -0.2) is 4.98 Å². The second kappa shape index (κ2) is 6.72. The lowest BCUT2D eigenvalue weighted by molar-refractivity contribution is 0.0950. The Morgan fingerprint density at radius 2 is 2.17 bits per heavy atom. The maximum Gasteiger partial charge on any atom is 0.251 e. The van der Waals surface area contributed by atoms with Crippen LogP contribution in [0.3, 0.4) is 0 Å². The number of alkyl halides is 1. The molecule has 0 fully saturated rings. The lowest BCUT2D eigenvalue weighted by atomic mass is 10.2. The summed E-state index contributed by atoms with van der Waals surface area (Å²) < 4.78 is 4.95. The number of benzene rings is 1. The number of nitrogens with one attached hydrogen (secondary N) is 1. The molecule has 0 radical (unpaired) electrons. The summed E-state index contributed by atoms with van der Waals surface area (Å²) >= 11 is 8.30. The Morgan fingerprint density at radius 3 is 2.89 bits per heavy atom. The number of aromatic nitrogens is 2. The summed E-state index contributed by atoms with van der Waals surface area (Å²) in [4.78, 5) is 16.0. The van der Waals surface area contributed by atoms with Gasteiger partial charge in [0.1, 0.15) is 0 Å². The first kappa shape index (κ1) is 13.3. The standard InChI is InChI=1S/C11H10ClN3OS2/c12-7-17-11-14-9(15-18-11)6-13-10(16)8-4-2-1-3-5-8/h1-5H,6-7H2,(H,13,16). The van der Waals surface area contributed by atoms with E-state index in [2.05, 4.69) is 14.7 Å². The Morgan fingerprint density at radius 1 is 1.39 bits per heavy atom. The first-order chi connectivity index (χ1) is 8.79. The first-order valence-corrected chi connectivity index (χ1v) is 7.43. The van der Waals surface area contributed by atoms with Gasteiger partial charge >= 0.3 is 0 Å². The van der Waals surface area contributed by atoms with Gasteiger partial charge in [0.25, 0.3) is 5.91 Å². The van der Waals surface area contributed by atoms with Crippen molar-refractivity contribution in [2.75, 3.05) is 5.21 Å². The predicted octanol–water partition coefficient (Wildman–Crippen LogP) is 2.76. The van der Waals surface area contributed by atoms with Crippen molar-refractivity contribution in [2.45, 2.75) is 10.9 Å². The molecular formula is C11H10ClN3OS2. The zero-order valence-corrected chi connectivity index (χ0v) is 11.7. The fourth-order valence-corrected chi connectivity index (χ4v) is 2.97. The number of nitrogens with zero attached hydrogens (tertiary/aromatic N) is 2.